The van der Waals surface area contributed by atoms with Crippen LogP contribution in [-0.2, 0) is 0 Å². The van der Waals surface area contributed by atoms with Crippen LogP contribution >= 0.6 is 10.9 Å². The van der Waals surface area contributed by atoms with Gasteiger partial charge in [-0.1, -0.05) is 66.8 Å². The van der Waals surface area contributed by atoms with Gasteiger partial charge in [0.05, 0.1) is 0 Å². The van der Waals surface area contributed by atoms with E-state index >= 15 is 0 Å². The van der Waals surface area contributed by atoms with E-state index in [0.29, 0.717) is 0 Å². The van der Waals surface area contributed by atoms with E-state index in [2.05, 4.69) is 86.6 Å². The quantitative estimate of drug-likeness (QED) is 0.442. The summed E-state index contributed by atoms with van der Waals surface area (Å²) in [5, 5.41) is 0. The topological polar surface area (TPSA) is 0 Å². The molecular formula is C26H30S. The molecule has 0 aliphatic heterocycles. The standard InChI is InChI=1S/C26H30S/c1-20-8-14-24(15-9-20)27(25-16-10-21(2)11-17-25)26-18-12-23(13-19-26)22-6-4-3-5-7-22/h8-19,22,27H,3-7H2,1-2H3. The van der Waals surface area contributed by atoms with Crippen LogP contribution in [0.15, 0.2) is 87.5 Å². The molecule has 140 valence electrons. The minimum Gasteiger partial charge on any atom is -0.173 e. The number of hydrogen-bond acceptors (Lipinski definition) is 0. The van der Waals surface area contributed by atoms with Gasteiger partial charge in [0.1, 0.15) is 0 Å². The summed E-state index contributed by atoms with van der Waals surface area (Å²) in [5.74, 6) is 0.776. The molecule has 27 heavy (non-hydrogen) atoms. The maximum atomic E-state index is 2.41. The average Bonchev–Trinajstić information content (AvgIpc) is 2.72. The summed E-state index contributed by atoms with van der Waals surface area (Å²) in [5.41, 5.74) is 4.19. The highest BCUT2D eigenvalue weighted by molar-refractivity contribution is 8.17. The van der Waals surface area contributed by atoms with Crippen molar-refractivity contribution in [3.8, 4) is 0 Å². The maximum absolute atomic E-state index is 2.41. The van der Waals surface area contributed by atoms with Gasteiger partial charge in [0.15, 0.2) is 0 Å². The van der Waals surface area contributed by atoms with Crippen molar-refractivity contribution >= 4 is 10.9 Å². The monoisotopic (exact) mass is 374 g/mol. The Morgan fingerprint density at radius 2 is 0.963 bits per heavy atom. The second-order valence-corrected chi connectivity index (χ2v) is 10.2. The molecule has 0 aromatic heterocycles. The highest BCUT2D eigenvalue weighted by atomic mass is 32.2. The van der Waals surface area contributed by atoms with Gasteiger partial charge in [0, 0.05) is 0 Å². The molecule has 0 N–H and O–H groups in total. The highest BCUT2D eigenvalue weighted by Crippen LogP contribution is 2.51. The van der Waals surface area contributed by atoms with Gasteiger partial charge < -0.3 is 0 Å². The molecule has 3 aromatic rings. The summed E-state index contributed by atoms with van der Waals surface area (Å²) in [6, 6.07) is 27.9. The Hall–Kier alpha value is -1.99. The van der Waals surface area contributed by atoms with Gasteiger partial charge in [-0.25, -0.2) is 0 Å². The Morgan fingerprint density at radius 1 is 0.556 bits per heavy atom. The summed E-state index contributed by atoms with van der Waals surface area (Å²) >= 11 is 0. The SMILES string of the molecule is Cc1ccc([SH](c2ccc(C)cc2)c2ccc(C3CCCCC3)cc2)cc1. The fourth-order valence-electron chi connectivity index (χ4n) is 4.17. The van der Waals surface area contributed by atoms with Crippen LogP contribution < -0.4 is 0 Å². The van der Waals surface area contributed by atoms with Gasteiger partial charge in [0.25, 0.3) is 0 Å². The lowest BCUT2D eigenvalue weighted by molar-refractivity contribution is 0.443. The molecule has 1 heteroatoms. The van der Waals surface area contributed by atoms with Crippen LogP contribution in [0.1, 0.15) is 54.7 Å². The molecule has 0 atom stereocenters. The van der Waals surface area contributed by atoms with Gasteiger partial charge in [0.2, 0.25) is 0 Å². The first kappa shape index (κ1) is 18.4. The number of aryl methyl sites for hydroxylation is 2. The third-order valence-corrected chi connectivity index (χ3v) is 8.26. The molecule has 0 radical (unpaired) electrons. The Morgan fingerprint density at radius 3 is 1.41 bits per heavy atom. The van der Waals surface area contributed by atoms with Crippen LogP contribution in [0.4, 0.5) is 0 Å². The van der Waals surface area contributed by atoms with E-state index in [4.69, 9.17) is 0 Å². The third kappa shape index (κ3) is 4.30. The van der Waals surface area contributed by atoms with Crippen molar-refractivity contribution in [3.63, 3.8) is 0 Å². The minimum atomic E-state index is -0.501. The zero-order valence-electron chi connectivity index (χ0n) is 16.5. The Kier molecular flexibility index (Phi) is 5.69. The first-order valence-electron chi connectivity index (χ1n) is 10.2. The van der Waals surface area contributed by atoms with Crippen LogP contribution in [0.25, 0.3) is 0 Å². The van der Waals surface area contributed by atoms with Crippen molar-refractivity contribution in [2.45, 2.75) is 66.6 Å². The summed E-state index contributed by atoms with van der Waals surface area (Å²) in [6.45, 7) is 4.33. The number of benzene rings is 3. The van der Waals surface area contributed by atoms with Gasteiger partial charge in [-0.15, -0.1) is 0 Å². The van der Waals surface area contributed by atoms with Crippen LogP contribution in [0.5, 0.6) is 0 Å². The Balaban J connectivity index is 1.69. The van der Waals surface area contributed by atoms with E-state index in [9.17, 15) is 0 Å². The van der Waals surface area contributed by atoms with E-state index in [1.54, 1.807) is 5.56 Å². The molecule has 0 saturated heterocycles. The zero-order valence-corrected chi connectivity index (χ0v) is 17.4. The molecular weight excluding hydrogens is 344 g/mol. The summed E-state index contributed by atoms with van der Waals surface area (Å²) in [7, 11) is -0.501. The van der Waals surface area contributed by atoms with Gasteiger partial charge in [-0.2, -0.15) is 10.9 Å². The maximum Gasteiger partial charge on any atom is -0.00450 e. The van der Waals surface area contributed by atoms with E-state index in [1.165, 1.54) is 57.9 Å². The highest BCUT2D eigenvalue weighted by Gasteiger charge is 2.17. The van der Waals surface area contributed by atoms with Crippen LogP contribution in [0.2, 0.25) is 0 Å². The van der Waals surface area contributed by atoms with Crippen molar-refractivity contribution in [1.82, 2.24) is 0 Å². The molecule has 0 bridgehead atoms. The molecule has 1 fully saturated rings. The molecule has 1 aliphatic carbocycles. The Bertz CT molecular complexity index is 808. The summed E-state index contributed by atoms with van der Waals surface area (Å²) in [4.78, 5) is 4.33. The second-order valence-electron chi connectivity index (χ2n) is 7.93. The molecule has 3 aromatic carbocycles. The van der Waals surface area contributed by atoms with Crippen molar-refractivity contribution < 1.29 is 0 Å². The van der Waals surface area contributed by atoms with Gasteiger partial charge in [-0.05, 0) is 89.3 Å². The number of rotatable bonds is 4. The van der Waals surface area contributed by atoms with Crippen molar-refractivity contribution in [2.24, 2.45) is 0 Å². The van der Waals surface area contributed by atoms with E-state index < -0.39 is 10.9 Å². The first-order valence-corrected chi connectivity index (χ1v) is 11.6. The smallest absolute Gasteiger partial charge is 0.00450 e. The van der Waals surface area contributed by atoms with Crippen LogP contribution in [0, 0.1) is 13.8 Å². The van der Waals surface area contributed by atoms with E-state index in [0.717, 1.165) is 5.92 Å². The molecule has 1 saturated carbocycles. The fourth-order valence-corrected chi connectivity index (χ4v) is 6.40. The largest absolute Gasteiger partial charge is 0.173 e. The third-order valence-electron chi connectivity index (χ3n) is 5.81. The molecule has 0 unspecified atom stereocenters. The van der Waals surface area contributed by atoms with Gasteiger partial charge in [-0.3, -0.25) is 0 Å². The normalized spacial score (nSPS) is 15.6. The number of hydrogen-bond donors (Lipinski definition) is 1. The predicted molar refractivity (Wildman–Crippen MR) is 118 cm³/mol. The summed E-state index contributed by atoms with van der Waals surface area (Å²) < 4.78 is 0. The van der Waals surface area contributed by atoms with Crippen molar-refractivity contribution in [2.75, 3.05) is 0 Å². The average molecular weight is 375 g/mol. The van der Waals surface area contributed by atoms with Crippen LogP contribution in [0.3, 0.4) is 0 Å². The fraction of sp³-hybridized carbons (Fsp3) is 0.308. The van der Waals surface area contributed by atoms with Crippen LogP contribution in [-0.4, -0.2) is 0 Å². The number of thiol groups is 1. The molecule has 1 aliphatic rings. The van der Waals surface area contributed by atoms with E-state index in [1.807, 2.05) is 0 Å². The zero-order chi connectivity index (χ0) is 18.6. The minimum absolute atomic E-state index is 0.501. The lowest BCUT2D eigenvalue weighted by atomic mass is 9.84. The Labute approximate surface area is 167 Å². The molecule has 0 spiro atoms. The van der Waals surface area contributed by atoms with Crippen molar-refractivity contribution in [3.05, 3.63) is 89.5 Å². The lowest BCUT2D eigenvalue weighted by Crippen LogP contribution is -2.04. The lowest BCUT2D eigenvalue weighted by Gasteiger charge is -2.26. The van der Waals surface area contributed by atoms with Gasteiger partial charge >= 0.3 is 0 Å². The molecule has 0 nitrogen and oxygen atoms in total. The van der Waals surface area contributed by atoms with E-state index in [-0.39, 0.29) is 0 Å². The summed E-state index contributed by atoms with van der Waals surface area (Å²) in [6.07, 6.45) is 6.94. The molecule has 0 heterocycles. The predicted octanol–water partition coefficient (Wildman–Crippen LogP) is 7.83. The molecule has 4 rings (SSSR count). The second kappa shape index (κ2) is 8.35. The van der Waals surface area contributed by atoms with Crippen molar-refractivity contribution in [1.29, 1.82) is 0 Å². The first-order chi connectivity index (χ1) is 13.2. The molecule has 0 amide bonds.